The van der Waals surface area contributed by atoms with Crippen LogP contribution in [0.15, 0.2) is 18.3 Å². The van der Waals surface area contributed by atoms with Crippen molar-refractivity contribution < 1.29 is 0 Å². The highest BCUT2D eigenvalue weighted by atomic mass is 15.3. The smallest absolute Gasteiger partial charge is 0.144 e. The summed E-state index contributed by atoms with van der Waals surface area (Å²) in [5, 5.41) is 0. The molecule has 5 nitrogen and oxygen atoms in total. The van der Waals surface area contributed by atoms with E-state index in [0.717, 1.165) is 31.4 Å². The second-order valence-electron chi connectivity index (χ2n) is 5.64. The number of pyridine rings is 1. The zero-order chi connectivity index (χ0) is 13.7. The minimum Gasteiger partial charge on any atom is -0.309 e. The molecule has 2 rings (SSSR count). The number of piperidine rings is 1. The first kappa shape index (κ1) is 14.2. The minimum absolute atomic E-state index is 0.790. The number of aromatic nitrogens is 1. The van der Waals surface area contributed by atoms with Crippen molar-refractivity contribution in [3.05, 3.63) is 23.9 Å². The van der Waals surface area contributed by atoms with Gasteiger partial charge in [-0.15, -0.1) is 0 Å². The minimum atomic E-state index is 0.790. The Labute approximate surface area is 115 Å². The molecule has 2 heterocycles. The van der Waals surface area contributed by atoms with E-state index in [2.05, 4.69) is 40.4 Å². The summed E-state index contributed by atoms with van der Waals surface area (Å²) in [6, 6.07) is 4.06. The van der Waals surface area contributed by atoms with E-state index < -0.39 is 0 Å². The van der Waals surface area contributed by atoms with E-state index in [0.29, 0.717) is 0 Å². The van der Waals surface area contributed by atoms with Crippen LogP contribution in [-0.2, 0) is 6.54 Å². The van der Waals surface area contributed by atoms with E-state index in [-0.39, 0.29) is 0 Å². The van der Waals surface area contributed by atoms with E-state index in [4.69, 9.17) is 5.84 Å². The van der Waals surface area contributed by atoms with Crippen LogP contribution in [0.5, 0.6) is 0 Å². The first-order chi connectivity index (χ1) is 9.19. The lowest BCUT2D eigenvalue weighted by atomic mass is 9.96. The van der Waals surface area contributed by atoms with Gasteiger partial charge in [-0.25, -0.2) is 10.8 Å². The van der Waals surface area contributed by atoms with Crippen LogP contribution < -0.4 is 11.3 Å². The number of nitrogens with zero attached hydrogens (tertiary/aromatic N) is 3. The largest absolute Gasteiger partial charge is 0.309 e. The predicted octanol–water partition coefficient (Wildman–Crippen LogP) is 1.14. The Bertz CT molecular complexity index is 385. The van der Waals surface area contributed by atoms with Crippen LogP contribution in [0, 0.1) is 5.92 Å². The number of anilines is 1. The monoisotopic (exact) mass is 263 g/mol. The Morgan fingerprint density at radius 3 is 2.79 bits per heavy atom. The standard InChI is InChI=1S/C14H25N5/c1-18(2)10-12-5-8-19(9-6-12)11-13-4-3-7-16-14(13)17-15/h3-4,7,12H,5-6,8-11,15H2,1-2H3,(H,16,17). The average molecular weight is 263 g/mol. The quantitative estimate of drug-likeness (QED) is 0.616. The topological polar surface area (TPSA) is 57.4 Å². The van der Waals surface area contributed by atoms with Crippen LogP contribution >= 0.6 is 0 Å². The molecule has 1 aliphatic heterocycles. The highest BCUT2D eigenvalue weighted by Crippen LogP contribution is 2.21. The van der Waals surface area contributed by atoms with Gasteiger partial charge in [0.1, 0.15) is 5.82 Å². The highest BCUT2D eigenvalue weighted by Gasteiger charge is 2.20. The van der Waals surface area contributed by atoms with Crippen LogP contribution in [0.4, 0.5) is 5.82 Å². The molecule has 19 heavy (non-hydrogen) atoms. The summed E-state index contributed by atoms with van der Waals surface area (Å²) in [6.45, 7) is 4.47. The SMILES string of the molecule is CN(C)CC1CCN(Cc2cccnc2NN)CC1. The summed E-state index contributed by atoms with van der Waals surface area (Å²) in [5.74, 6) is 7.13. The zero-order valence-electron chi connectivity index (χ0n) is 12.0. The average Bonchev–Trinajstić information content (AvgIpc) is 2.41. The molecular weight excluding hydrogens is 238 g/mol. The molecule has 5 heteroatoms. The highest BCUT2D eigenvalue weighted by molar-refractivity contribution is 5.42. The summed E-state index contributed by atoms with van der Waals surface area (Å²) in [4.78, 5) is 9.03. The second-order valence-corrected chi connectivity index (χ2v) is 5.64. The predicted molar refractivity (Wildman–Crippen MR) is 78.6 cm³/mol. The van der Waals surface area contributed by atoms with Crippen molar-refractivity contribution in [2.45, 2.75) is 19.4 Å². The van der Waals surface area contributed by atoms with E-state index in [9.17, 15) is 0 Å². The first-order valence-electron chi connectivity index (χ1n) is 6.96. The van der Waals surface area contributed by atoms with Crippen molar-refractivity contribution in [1.29, 1.82) is 0 Å². The van der Waals surface area contributed by atoms with Gasteiger partial charge >= 0.3 is 0 Å². The molecule has 0 bridgehead atoms. The number of hydrogen-bond acceptors (Lipinski definition) is 5. The Morgan fingerprint density at radius 1 is 1.42 bits per heavy atom. The van der Waals surface area contributed by atoms with Crippen LogP contribution in [0.2, 0.25) is 0 Å². The number of likely N-dealkylation sites (tertiary alicyclic amines) is 1. The summed E-state index contributed by atoms with van der Waals surface area (Å²) in [7, 11) is 4.31. The molecule has 0 aliphatic carbocycles. The van der Waals surface area contributed by atoms with Gasteiger partial charge in [0.25, 0.3) is 0 Å². The van der Waals surface area contributed by atoms with Crippen LogP contribution in [0.25, 0.3) is 0 Å². The Morgan fingerprint density at radius 2 is 2.16 bits per heavy atom. The van der Waals surface area contributed by atoms with Gasteiger partial charge in [0.15, 0.2) is 0 Å². The van der Waals surface area contributed by atoms with Crippen molar-refractivity contribution in [2.24, 2.45) is 11.8 Å². The number of hydrazine groups is 1. The first-order valence-corrected chi connectivity index (χ1v) is 6.96. The molecule has 1 aromatic rings. The molecule has 0 atom stereocenters. The lowest BCUT2D eigenvalue weighted by Crippen LogP contribution is -2.36. The summed E-state index contributed by atoms with van der Waals surface area (Å²) in [5.41, 5.74) is 3.85. The van der Waals surface area contributed by atoms with E-state index in [1.54, 1.807) is 6.20 Å². The number of nitrogens with two attached hydrogens (primary N) is 1. The molecule has 0 saturated carbocycles. The fourth-order valence-electron chi connectivity index (χ4n) is 2.78. The van der Waals surface area contributed by atoms with Crippen molar-refractivity contribution >= 4 is 5.82 Å². The third-order valence-corrected chi connectivity index (χ3v) is 3.75. The molecule has 3 N–H and O–H groups in total. The summed E-state index contributed by atoms with van der Waals surface area (Å²) in [6.07, 6.45) is 4.33. The Hall–Kier alpha value is -1.17. The second kappa shape index (κ2) is 6.84. The molecule has 0 amide bonds. The molecule has 0 spiro atoms. The van der Waals surface area contributed by atoms with Crippen molar-refractivity contribution in [2.75, 3.05) is 39.2 Å². The normalized spacial score (nSPS) is 17.9. The van der Waals surface area contributed by atoms with E-state index >= 15 is 0 Å². The Balaban J connectivity index is 1.85. The van der Waals surface area contributed by atoms with Crippen LogP contribution in [0.3, 0.4) is 0 Å². The van der Waals surface area contributed by atoms with Gasteiger partial charge in [-0.3, -0.25) is 4.90 Å². The van der Waals surface area contributed by atoms with Crippen molar-refractivity contribution in [3.63, 3.8) is 0 Å². The van der Waals surface area contributed by atoms with Gasteiger partial charge < -0.3 is 10.3 Å². The van der Waals surface area contributed by atoms with E-state index in [1.807, 2.05) is 6.07 Å². The maximum atomic E-state index is 5.50. The van der Waals surface area contributed by atoms with Gasteiger partial charge in [0.2, 0.25) is 0 Å². The van der Waals surface area contributed by atoms with Crippen LogP contribution in [-0.4, -0.2) is 48.5 Å². The molecule has 106 valence electrons. The van der Waals surface area contributed by atoms with Gasteiger partial charge in [-0.2, -0.15) is 0 Å². The molecule has 1 aromatic heterocycles. The molecule has 0 radical (unpaired) electrons. The molecule has 1 fully saturated rings. The Kier molecular flexibility index (Phi) is 5.13. The van der Waals surface area contributed by atoms with Gasteiger partial charge in [0, 0.05) is 24.8 Å². The zero-order valence-corrected chi connectivity index (χ0v) is 12.0. The molecule has 0 unspecified atom stereocenters. The third-order valence-electron chi connectivity index (χ3n) is 3.75. The maximum absolute atomic E-state index is 5.50. The molecular formula is C14H25N5. The summed E-state index contributed by atoms with van der Waals surface area (Å²) < 4.78 is 0. The van der Waals surface area contributed by atoms with Crippen molar-refractivity contribution in [1.82, 2.24) is 14.8 Å². The lowest BCUT2D eigenvalue weighted by molar-refractivity contribution is 0.157. The van der Waals surface area contributed by atoms with Gasteiger partial charge in [-0.1, -0.05) is 6.07 Å². The number of rotatable bonds is 5. The maximum Gasteiger partial charge on any atom is 0.144 e. The fourth-order valence-corrected chi connectivity index (χ4v) is 2.78. The van der Waals surface area contributed by atoms with Gasteiger partial charge in [0.05, 0.1) is 0 Å². The lowest BCUT2D eigenvalue weighted by Gasteiger charge is -2.33. The van der Waals surface area contributed by atoms with Crippen LogP contribution in [0.1, 0.15) is 18.4 Å². The number of hydrogen-bond donors (Lipinski definition) is 2. The fraction of sp³-hybridized carbons (Fsp3) is 0.643. The van der Waals surface area contributed by atoms with E-state index in [1.165, 1.54) is 24.9 Å². The van der Waals surface area contributed by atoms with Gasteiger partial charge in [-0.05, 0) is 52.0 Å². The molecule has 1 aliphatic rings. The molecule has 1 saturated heterocycles. The molecule has 0 aromatic carbocycles. The third kappa shape index (κ3) is 4.16. The summed E-state index contributed by atoms with van der Waals surface area (Å²) >= 11 is 0. The van der Waals surface area contributed by atoms with Crippen molar-refractivity contribution in [3.8, 4) is 0 Å². The number of nitrogens with one attached hydrogen (secondary N) is 1. The number of nitrogen functional groups attached to an aromatic ring is 1.